The second kappa shape index (κ2) is 9.22. The highest BCUT2D eigenvalue weighted by Gasteiger charge is 2.16. The lowest BCUT2D eigenvalue weighted by Crippen LogP contribution is -2.20. The van der Waals surface area contributed by atoms with Crippen molar-refractivity contribution >= 4 is 38.6 Å². The molecule has 6 nitrogen and oxygen atoms in total. The molecule has 0 aliphatic heterocycles. The standard InChI is InChI=1S/C24H22BrN3O3/c1-3-30-21-13-16(24-27-19-6-4-5-7-20(19)28-24)12-18(25)23(21)31-14-22(29)26-17-10-8-15(2)9-11-17/h4-13H,3,14H2,1-2H3,(H,26,29)(H,27,28). The van der Waals surface area contributed by atoms with Crippen LogP contribution in [0, 0.1) is 6.92 Å². The number of carbonyl (C=O) groups is 1. The van der Waals surface area contributed by atoms with E-state index < -0.39 is 0 Å². The number of fused-ring (bicyclic) bond motifs is 1. The molecule has 31 heavy (non-hydrogen) atoms. The average molecular weight is 480 g/mol. The van der Waals surface area contributed by atoms with Gasteiger partial charge in [-0.05, 0) is 66.2 Å². The number of anilines is 1. The number of H-pyrrole nitrogens is 1. The van der Waals surface area contributed by atoms with Crippen LogP contribution < -0.4 is 14.8 Å². The maximum Gasteiger partial charge on any atom is 0.262 e. The number of aromatic nitrogens is 2. The van der Waals surface area contributed by atoms with Crippen molar-refractivity contribution in [2.45, 2.75) is 13.8 Å². The molecule has 0 saturated heterocycles. The first-order chi connectivity index (χ1) is 15.0. The van der Waals surface area contributed by atoms with Gasteiger partial charge in [-0.3, -0.25) is 4.79 Å². The predicted octanol–water partition coefficient (Wildman–Crippen LogP) is 5.72. The molecule has 0 spiro atoms. The fraction of sp³-hybridized carbons (Fsp3) is 0.167. The number of imidazole rings is 1. The first-order valence-corrected chi connectivity index (χ1v) is 10.7. The number of para-hydroxylation sites is 2. The Hall–Kier alpha value is -3.32. The van der Waals surface area contributed by atoms with Crippen molar-refractivity contribution in [1.82, 2.24) is 9.97 Å². The van der Waals surface area contributed by atoms with Gasteiger partial charge in [0.1, 0.15) is 5.82 Å². The average Bonchev–Trinajstić information content (AvgIpc) is 3.19. The zero-order chi connectivity index (χ0) is 21.8. The summed E-state index contributed by atoms with van der Waals surface area (Å²) in [4.78, 5) is 20.3. The number of aryl methyl sites for hydroxylation is 1. The number of aromatic amines is 1. The van der Waals surface area contributed by atoms with Crippen LogP contribution in [-0.2, 0) is 4.79 Å². The van der Waals surface area contributed by atoms with Crippen molar-refractivity contribution in [3.05, 3.63) is 70.7 Å². The molecule has 0 atom stereocenters. The van der Waals surface area contributed by atoms with Gasteiger partial charge in [0.05, 0.1) is 22.1 Å². The fourth-order valence-electron chi connectivity index (χ4n) is 3.17. The molecular weight excluding hydrogens is 458 g/mol. The van der Waals surface area contributed by atoms with Gasteiger partial charge in [0.15, 0.2) is 18.1 Å². The molecule has 7 heteroatoms. The van der Waals surface area contributed by atoms with Gasteiger partial charge in [0.2, 0.25) is 0 Å². The minimum atomic E-state index is -0.250. The van der Waals surface area contributed by atoms with Gasteiger partial charge in [-0.15, -0.1) is 0 Å². The summed E-state index contributed by atoms with van der Waals surface area (Å²) in [5, 5.41) is 2.83. The molecule has 4 rings (SSSR count). The Balaban J connectivity index is 1.54. The topological polar surface area (TPSA) is 76.2 Å². The number of hydrogen-bond donors (Lipinski definition) is 2. The van der Waals surface area contributed by atoms with Crippen molar-refractivity contribution in [1.29, 1.82) is 0 Å². The monoisotopic (exact) mass is 479 g/mol. The van der Waals surface area contributed by atoms with Crippen molar-refractivity contribution in [2.24, 2.45) is 0 Å². The molecular formula is C24H22BrN3O3. The molecule has 0 unspecified atom stereocenters. The largest absolute Gasteiger partial charge is 0.490 e. The number of nitrogens with zero attached hydrogens (tertiary/aromatic N) is 1. The lowest BCUT2D eigenvalue weighted by molar-refractivity contribution is -0.118. The molecule has 0 bridgehead atoms. The lowest BCUT2D eigenvalue weighted by atomic mass is 10.2. The minimum absolute atomic E-state index is 0.142. The van der Waals surface area contributed by atoms with E-state index in [0.717, 1.165) is 33.7 Å². The van der Waals surface area contributed by atoms with Gasteiger partial charge in [-0.1, -0.05) is 29.8 Å². The van der Waals surface area contributed by atoms with E-state index in [1.54, 1.807) is 0 Å². The lowest BCUT2D eigenvalue weighted by Gasteiger charge is -2.15. The Morgan fingerprint density at radius 3 is 2.61 bits per heavy atom. The summed E-state index contributed by atoms with van der Waals surface area (Å²) < 4.78 is 12.3. The van der Waals surface area contributed by atoms with Crippen molar-refractivity contribution in [3.63, 3.8) is 0 Å². The highest BCUT2D eigenvalue weighted by molar-refractivity contribution is 9.10. The van der Waals surface area contributed by atoms with Gasteiger partial charge in [-0.2, -0.15) is 0 Å². The zero-order valence-corrected chi connectivity index (χ0v) is 18.8. The van der Waals surface area contributed by atoms with E-state index in [9.17, 15) is 4.79 Å². The first kappa shape index (κ1) is 20.9. The van der Waals surface area contributed by atoms with E-state index in [2.05, 4.69) is 31.2 Å². The summed E-state index contributed by atoms with van der Waals surface area (Å²) in [6.07, 6.45) is 0. The maximum absolute atomic E-state index is 12.3. The van der Waals surface area contributed by atoms with Crippen LogP contribution in [0.4, 0.5) is 5.69 Å². The fourth-order valence-corrected chi connectivity index (χ4v) is 3.73. The van der Waals surface area contributed by atoms with Crippen molar-refractivity contribution < 1.29 is 14.3 Å². The Labute approximate surface area is 188 Å². The van der Waals surface area contributed by atoms with Gasteiger partial charge in [0, 0.05) is 11.3 Å². The number of ether oxygens (including phenoxy) is 2. The molecule has 0 radical (unpaired) electrons. The number of hydrogen-bond acceptors (Lipinski definition) is 4. The SMILES string of the molecule is CCOc1cc(-c2nc3ccccc3[nH]2)cc(Br)c1OCC(=O)Nc1ccc(C)cc1. The molecule has 4 aromatic rings. The van der Waals surface area contributed by atoms with Crippen LogP contribution in [0.15, 0.2) is 65.1 Å². The number of rotatable bonds is 7. The molecule has 1 amide bonds. The van der Waals surface area contributed by atoms with Gasteiger partial charge in [0.25, 0.3) is 5.91 Å². The van der Waals surface area contributed by atoms with E-state index in [0.29, 0.717) is 22.6 Å². The normalized spacial score (nSPS) is 10.8. The van der Waals surface area contributed by atoms with E-state index in [1.807, 2.05) is 74.5 Å². The number of benzene rings is 3. The minimum Gasteiger partial charge on any atom is -0.490 e. The Bertz CT molecular complexity index is 1190. The molecule has 0 aliphatic carbocycles. The molecule has 0 saturated carbocycles. The van der Waals surface area contributed by atoms with Gasteiger partial charge >= 0.3 is 0 Å². The van der Waals surface area contributed by atoms with E-state index >= 15 is 0 Å². The third-order valence-corrected chi connectivity index (χ3v) is 5.24. The smallest absolute Gasteiger partial charge is 0.262 e. The molecule has 3 aromatic carbocycles. The summed E-state index contributed by atoms with van der Waals surface area (Å²) in [6, 6.07) is 19.2. The van der Waals surface area contributed by atoms with Crippen molar-refractivity contribution in [2.75, 3.05) is 18.5 Å². The third-order valence-electron chi connectivity index (χ3n) is 4.66. The van der Waals surface area contributed by atoms with Gasteiger partial charge in [-0.25, -0.2) is 4.98 Å². The van der Waals surface area contributed by atoms with Crippen LogP contribution in [0.1, 0.15) is 12.5 Å². The molecule has 0 aliphatic rings. The van der Waals surface area contributed by atoms with E-state index in [-0.39, 0.29) is 12.5 Å². The quantitative estimate of drug-likeness (QED) is 0.355. The molecule has 1 heterocycles. The molecule has 2 N–H and O–H groups in total. The summed E-state index contributed by atoms with van der Waals surface area (Å²) in [5.41, 5.74) is 4.55. The Kier molecular flexibility index (Phi) is 6.23. The van der Waals surface area contributed by atoms with Crippen LogP contribution in [0.2, 0.25) is 0 Å². The second-order valence-electron chi connectivity index (χ2n) is 7.02. The summed E-state index contributed by atoms with van der Waals surface area (Å²) in [5.74, 6) is 1.49. The molecule has 158 valence electrons. The van der Waals surface area contributed by atoms with Gasteiger partial charge < -0.3 is 19.8 Å². The van der Waals surface area contributed by atoms with Crippen LogP contribution in [-0.4, -0.2) is 29.1 Å². The molecule has 0 fully saturated rings. The number of carbonyl (C=O) groups excluding carboxylic acids is 1. The van der Waals surface area contributed by atoms with Crippen LogP contribution in [0.3, 0.4) is 0 Å². The second-order valence-corrected chi connectivity index (χ2v) is 7.88. The maximum atomic E-state index is 12.3. The number of halogens is 1. The highest BCUT2D eigenvalue weighted by atomic mass is 79.9. The van der Waals surface area contributed by atoms with Crippen LogP contribution >= 0.6 is 15.9 Å². The first-order valence-electron chi connectivity index (χ1n) is 9.94. The summed E-state index contributed by atoms with van der Waals surface area (Å²) in [6.45, 7) is 4.21. The summed E-state index contributed by atoms with van der Waals surface area (Å²) in [7, 11) is 0. The number of nitrogens with one attached hydrogen (secondary N) is 2. The van der Waals surface area contributed by atoms with E-state index in [1.165, 1.54) is 0 Å². The predicted molar refractivity (Wildman–Crippen MR) is 126 cm³/mol. The van der Waals surface area contributed by atoms with E-state index in [4.69, 9.17) is 9.47 Å². The third kappa shape index (κ3) is 4.88. The summed E-state index contributed by atoms with van der Waals surface area (Å²) >= 11 is 3.56. The Morgan fingerprint density at radius 1 is 1.10 bits per heavy atom. The van der Waals surface area contributed by atoms with Crippen LogP contribution in [0.5, 0.6) is 11.5 Å². The number of amides is 1. The Morgan fingerprint density at radius 2 is 1.87 bits per heavy atom. The van der Waals surface area contributed by atoms with Crippen LogP contribution in [0.25, 0.3) is 22.4 Å². The molecule has 1 aromatic heterocycles. The highest BCUT2D eigenvalue weighted by Crippen LogP contribution is 2.39. The zero-order valence-electron chi connectivity index (χ0n) is 17.2. The van der Waals surface area contributed by atoms with Crippen molar-refractivity contribution in [3.8, 4) is 22.9 Å².